The molecule has 144 valence electrons. The van der Waals surface area contributed by atoms with Crippen molar-refractivity contribution in [2.75, 3.05) is 12.4 Å². The minimum absolute atomic E-state index is 0.210. The summed E-state index contributed by atoms with van der Waals surface area (Å²) in [4.78, 5) is 24.4. The molecular weight excluding hydrogens is 393 g/mol. The van der Waals surface area contributed by atoms with Crippen LogP contribution in [0.4, 0.5) is 5.69 Å². The second-order valence-electron chi connectivity index (χ2n) is 5.61. The van der Waals surface area contributed by atoms with E-state index < -0.39 is 24.1 Å². The first-order valence-corrected chi connectivity index (χ1v) is 8.83. The summed E-state index contributed by atoms with van der Waals surface area (Å²) in [5, 5.41) is 3.09. The highest BCUT2D eigenvalue weighted by atomic mass is 35.5. The minimum Gasteiger partial charge on any atom is -0.497 e. The van der Waals surface area contributed by atoms with Gasteiger partial charge in [-0.3, -0.25) is 4.79 Å². The van der Waals surface area contributed by atoms with Gasteiger partial charge in [0.1, 0.15) is 11.5 Å². The quantitative estimate of drug-likeness (QED) is 0.685. The number of amides is 1. The predicted molar refractivity (Wildman–Crippen MR) is 104 cm³/mol. The fraction of sp³-hybridized carbons (Fsp3) is 0.263. The van der Waals surface area contributed by atoms with Gasteiger partial charge in [0.15, 0.2) is 12.2 Å². The van der Waals surface area contributed by atoms with Gasteiger partial charge in [-0.25, -0.2) is 4.79 Å². The van der Waals surface area contributed by atoms with Crippen LogP contribution < -0.4 is 14.8 Å². The summed E-state index contributed by atoms with van der Waals surface area (Å²) in [7, 11) is 1.55. The first-order chi connectivity index (χ1) is 12.8. The third kappa shape index (κ3) is 5.77. The van der Waals surface area contributed by atoms with E-state index in [0.717, 1.165) is 0 Å². The molecule has 8 heteroatoms. The van der Waals surface area contributed by atoms with Gasteiger partial charge >= 0.3 is 5.97 Å². The molecule has 2 rings (SSSR count). The molecule has 0 aliphatic carbocycles. The molecule has 0 saturated heterocycles. The average Bonchev–Trinajstić information content (AvgIpc) is 2.65. The molecule has 2 unspecified atom stereocenters. The summed E-state index contributed by atoms with van der Waals surface area (Å²) in [5.41, 5.74) is 0.333. The number of hydrogen-bond donors (Lipinski definition) is 1. The Morgan fingerprint density at radius 2 is 1.59 bits per heavy atom. The first-order valence-electron chi connectivity index (χ1n) is 8.08. The highest BCUT2D eigenvalue weighted by molar-refractivity contribution is 6.44. The number of hydrogen-bond acceptors (Lipinski definition) is 5. The number of carbonyl (C=O) groups is 2. The van der Waals surface area contributed by atoms with E-state index in [4.69, 9.17) is 37.4 Å². The van der Waals surface area contributed by atoms with E-state index in [1.165, 1.54) is 13.8 Å². The third-order valence-electron chi connectivity index (χ3n) is 3.58. The Balaban J connectivity index is 1.91. The molecule has 0 spiro atoms. The van der Waals surface area contributed by atoms with E-state index in [0.29, 0.717) is 22.2 Å². The molecule has 0 aliphatic heterocycles. The number of benzene rings is 2. The van der Waals surface area contributed by atoms with Crippen LogP contribution in [0, 0.1) is 0 Å². The first kappa shape index (κ1) is 20.9. The van der Waals surface area contributed by atoms with E-state index in [2.05, 4.69) is 5.32 Å². The Morgan fingerprint density at radius 3 is 2.22 bits per heavy atom. The van der Waals surface area contributed by atoms with Crippen LogP contribution in [-0.2, 0) is 14.3 Å². The van der Waals surface area contributed by atoms with Gasteiger partial charge in [0.05, 0.1) is 22.8 Å². The Morgan fingerprint density at radius 1 is 0.963 bits per heavy atom. The fourth-order valence-corrected chi connectivity index (χ4v) is 2.41. The van der Waals surface area contributed by atoms with Crippen molar-refractivity contribution in [3.05, 3.63) is 52.5 Å². The van der Waals surface area contributed by atoms with Crippen LogP contribution >= 0.6 is 23.2 Å². The second kappa shape index (κ2) is 9.48. The van der Waals surface area contributed by atoms with Crippen LogP contribution in [0.15, 0.2) is 42.5 Å². The zero-order chi connectivity index (χ0) is 20.0. The molecule has 2 aromatic carbocycles. The standard InChI is InChI=1S/C19H19Cl2NO5/c1-11(18(23)22-16-6-4-5-15(20)17(16)21)27-19(24)12(2)26-14-9-7-13(25-3)8-10-14/h4-12H,1-3H3,(H,22,23). The maximum absolute atomic E-state index is 12.2. The van der Waals surface area contributed by atoms with Crippen LogP contribution in [0.1, 0.15) is 13.8 Å². The molecule has 2 aromatic rings. The lowest BCUT2D eigenvalue weighted by atomic mass is 10.3. The molecule has 0 aliphatic rings. The highest BCUT2D eigenvalue weighted by Crippen LogP contribution is 2.29. The minimum atomic E-state index is -1.05. The number of methoxy groups -OCH3 is 1. The van der Waals surface area contributed by atoms with Gasteiger partial charge in [-0.15, -0.1) is 0 Å². The molecule has 0 saturated carbocycles. The second-order valence-corrected chi connectivity index (χ2v) is 6.39. The lowest BCUT2D eigenvalue weighted by molar-refractivity contribution is -0.159. The summed E-state index contributed by atoms with van der Waals surface area (Å²) in [5.74, 6) is -0.0690. The highest BCUT2D eigenvalue weighted by Gasteiger charge is 2.24. The number of carbonyl (C=O) groups excluding carboxylic acids is 2. The molecule has 27 heavy (non-hydrogen) atoms. The van der Waals surface area contributed by atoms with Crippen molar-refractivity contribution in [3.8, 4) is 11.5 Å². The van der Waals surface area contributed by atoms with Gasteiger partial charge in [-0.2, -0.15) is 0 Å². The molecule has 1 amide bonds. The lowest BCUT2D eigenvalue weighted by Gasteiger charge is -2.18. The van der Waals surface area contributed by atoms with Gasteiger partial charge in [0, 0.05) is 0 Å². The normalized spacial score (nSPS) is 12.6. The van der Waals surface area contributed by atoms with Gasteiger partial charge in [0.25, 0.3) is 5.91 Å². The number of rotatable bonds is 7. The molecule has 0 fully saturated rings. The van der Waals surface area contributed by atoms with Crippen LogP contribution in [-0.4, -0.2) is 31.2 Å². The summed E-state index contributed by atoms with van der Waals surface area (Å²) in [6.45, 7) is 2.98. The smallest absolute Gasteiger partial charge is 0.347 e. The van der Waals surface area contributed by atoms with E-state index in [9.17, 15) is 9.59 Å². The fourth-order valence-electron chi connectivity index (χ4n) is 2.06. The van der Waals surface area contributed by atoms with Crippen molar-refractivity contribution < 1.29 is 23.8 Å². The number of ether oxygens (including phenoxy) is 3. The molecule has 2 atom stereocenters. The van der Waals surface area contributed by atoms with Gasteiger partial charge in [0.2, 0.25) is 0 Å². The van der Waals surface area contributed by atoms with Crippen LogP contribution in [0.3, 0.4) is 0 Å². The summed E-state index contributed by atoms with van der Waals surface area (Å²) in [6.07, 6.45) is -1.95. The predicted octanol–water partition coefficient (Wildman–Crippen LogP) is 4.34. The monoisotopic (exact) mass is 411 g/mol. The molecule has 0 aromatic heterocycles. The molecular formula is C19H19Cl2NO5. The van der Waals surface area contributed by atoms with E-state index in [1.54, 1.807) is 49.6 Å². The topological polar surface area (TPSA) is 73.9 Å². The summed E-state index contributed by atoms with van der Waals surface area (Å²) >= 11 is 11.9. The zero-order valence-electron chi connectivity index (χ0n) is 15.0. The van der Waals surface area contributed by atoms with Gasteiger partial charge < -0.3 is 19.5 Å². The third-order valence-corrected chi connectivity index (χ3v) is 4.39. The molecule has 0 radical (unpaired) electrons. The summed E-state index contributed by atoms with van der Waals surface area (Å²) < 4.78 is 15.7. The Hall–Kier alpha value is -2.44. The number of nitrogens with one attached hydrogen (secondary N) is 1. The lowest BCUT2D eigenvalue weighted by Crippen LogP contribution is -2.35. The Kier molecular flexibility index (Phi) is 7.33. The largest absolute Gasteiger partial charge is 0.497 e. The van der Waals surface area contributed by atoms with Crippen molar-refractivity contribution in [1.29, 1.82) is 0 Å². The Bertz CT molecular complexity index is 810. The van der Waals surface area contributed by atoms with E-state index in [1.807, 2.05) is 0 Å². The van der Waals surface area contributed by atoms with E-state index >= 15 is 0 Å². The van der Waals surface area contributed by atoms with E-state index in [-0.39, 0.29) is 5.02 Å². The SMILES string of the molecule is COc1ccc(OC(C)C(=O)OC(C)C(=O)Nc2cccc(Cl)c2Cl)cc1. The molecule has 6 nitrogen and oxygen atoms in total. The number of halogens is 2. The molecule has 0 heterocycles. The summed E-state index contributed by atoms with van der Waals surface area (Å²) in [6, 6.07) is 11.6. The van der Waals surface area contributed by atoms with Crippen molar-refractivity contribution in [1.82, 2.24) is 0 Å². The Labute approximate surface area is 167 Å². The maximum atomic E-state index is 12.2. The van der Waals surface area contributed by atoms with Gasteiger partial charge in [-0.05, 0) is 50.2 Å². The average molecular weight is 412 g/mol. The van der Waals surface area contributed by atoms with Crippen molar-refractivity contribution >= 4 is 40.8 Å². The molecule has 1 N–H and O–H groups in total. The maximum Gasteiger partial charge on any atom is 0.347 e. The van der Waals surface area contributed by atoms with Gasteiger partial charge in [-0.1, -0.05) is 29.3 Å². The van der Waals surface area contributed by atoms with Crippen molar-refractivity contribution in [3.63, 3.8) is 0 Å². The van der Waals surface area contributed by atoms with Crippen LogP contribution in [0.5, 0.6) is 11.5 Å². The number of anilines is 1. The van der Waals surface area contributed by atoms with Crippen molar-refractivity contribution in [2.24, 2.45) is 0 Å². The zero-order valence-corrected chi connectivity index (χ0v) is 16.5. The van der Waals surface area contributed by atoms with Crippen LogP contribution in [0.25, 0.3) is 0 Å². The number of esters is 1. The molecule has 0 bridgehead atoms. The van der Waals surface area contributed by atoms with Crippen molar-refractivity contribution in [2.45, 2.75) is 26.1 Å². The van der Waals surface area contributed by atoms with Crippen LogP contribution in [0.2, 0.25) is 10.0 Å².